The van der Waals surface area contributed by atoms with Gasteiger partial charge in [0.15, 0.2) is 0 Å². The molecule has 3 aromatic rings. The molecule has 0 spiro atoms. The Labute approximate surface area is 147 Å². The molecule has 0 aliphatic carbocycles. The monoisotopic (exact) mass is 353 g/mol. The van der Waals surface area contributed by atoms with Gasteiger partial charge >= 0.3 is 0 Å². The van der Waals surface area contributed by atoms with Gasteiger partial charge in [0.1, 0.15) is 22.2 Å². The molecule has 8 heteroatoms. The zero-order valence-electron chi connectivity index (χ0n) is 13.7. The van der Waals surface area contributed by atoms with Gasteiger partial charge in [0, 0.05) is 24.3 Å². The van der Waals surface area contributed by atoms with Gasteiger partial charge in [0.25, 0.3) is 0 Å². The molecule has 0 atom stereocenters. The molecule has 3 aromatic heterocycles. The van der Waals surface area contributed by atoms with Crippen molar-refractivity contribution < 1.29 is 4.79 Å². The van der Waals surface area contributed by atoms with Crippen LogP contribution in [0.1, 0.15) is 22.0 Å². The molecule has 126 valence electrons. The van der Waals surface area contributed by atoms with Gasteiger partial charge in [0.05, 0.1) is 24.2 Å². The Hall–Kier alpha value is -3.05. The summed E-state index contributed by atoms with van der Waals surface area (Å²) in [6.45, 7) is 2.19. The number of likely N-dealkylation sites (N-methyl/N-ethyl adjacent to an activating group) is 1. The van der Waals surface area contributed by atoms with Gasteiger partial charge in [-0.2, -0.15) is 5.26 Å². The zero-order valence-corrected chi connectivity index (χ0v) is 14.6. The summed E-state index contributed by atoms with van der Waals surface area (Å²) in [5.41, 5.74) is 2.09. The van der Waals surface area contributed by atoms with Gasteiger partial charge in [-0.15, -0.1) is 11.3 Å². The second-order valence-corrected chi connectivity index (χ2v) is 6.46. The van der Waals surface area contributed by atoms with Crippen molar-refractivity contribution in [2.75, 3.05) is 7.05 Å². The van der Waals surface area contributed by atoms with Crippen molar-refractivity contribution in [1.29, 1.82) is 5.26 Å². The Bertz CT molecular complexity index is 1060. The molecule has 0 unspecified atom stereocenters. The number of carbonyl (C=O) groups excluding carboxylic acids is 1. The van der Waals surface area contributed by atoms with Crippen molar-refractivity contribution in [3.63, 3.8) is 0 Å². The van der Waals surface area contributed by atoms with Gasteiger partial charge in [-0.3, -0.25) is 9.59 Å². The van der Waals surface area contributed by atoms with Gasteiger partial charge in [-0.05, 0) is 19.1 Å². The number of nitrogens with zero attached hydrogens (tertiary/aromatic N) is 4. The summed E-state index contributed by atoms with van der Waals surface area (Å²) in [6.07, 6.45) is 1.76. The fraction of sp³-hybridized carbons (Fsp3) is 0.235. The highest BCUT2D eigenvalue weighted by Crippen LogP contribution is 2.16. The van der Waals surface area contributed by atoms with E-state index in [4.69, 9.17) is 0 Å². The first-order valence-electron chi connectivity index (χ1n) is 7.56. The SMILES string of the molecule is CNC(=O)Cc1nc(Cn2cc(C#N)c(=O)c3nc(C)ccc32)cs1. The molecule has 1 amide bonds. The van der Waals surface area contributed by atoms with E-state index in [1.165, 1.54) is 17.5 Å². The lowest BCUT2D eigenvalue weighted by molar-refractivity contribution is -0.119. The van der Waals surface area contributed by atoms with Crippen LogP contribution in [0.4, 0.5) is 0 Å². The molecule has 25 heavy (non-hydrogen) atoms. The normalized spacial score (nSPS) is 10.6. The summed E-state index contributed by atoms with van der Waals surface area (Å²) in [5, 5.41) is 14.4. The molecule has 1 N–H and O–H groups in total. The third-order valence-electron chi connectivity index (χ3n) is 3.71. The highest BCUT2D eigenvalue weighted by molar-refractivity contribution is 7.09. The van der Waals surface area contributed by atoms with Crippen molar-refractivity contribution in [2.45, 2.75) is 19.9 Å². The fourth-order valence-corrected chi connectivity index (χ4v) is 3.26. The molecule has 0 aromatic carbocycles. The van der Waals surface area contributed by atoms with E-state index >= 15 is 0 Å². The van der Waals surface area contributed by atoms with Crippen molar-refractivity contribution in [2.24, 2.45) is 0 Å². The number of thiazole rings is 1. The van der Waals surface area contributed by atoms with Crippen molar-refractivity contribution in [3.05, 3.63) is 55.9 Å². The summed E-state index contributed by atoms with van der Waals surface area (Å²) in [5.74, 6) is -0.0962. The predicted molar refractivity (Wildman–Crippen MR) is 94.4 cm³/mol. The quantitative estimate of drug-likeness (QED) is 0.763. The average Bonchev–Trinajstić information content (AvgIpc) is 3.04. The van der Waals surface area contributed by atoms with Crippen molar-refractivity contribution in [3.8, 4) is 6.07 Å². The molecular formula is C17H15N5O2S. The highest BCUT2D eigenvalue weighted by atomic mass is 32.1. The topological polar surface area (TPSA) is 101 Å². The molecule has 0 fully saturated rings. The number of hydrogen-bond acceptors (Lipinski definition) is 6. The Morgan fingerprint density at radius 3 is 2.92 bits per heavy atom. The maximum Gasteiger partial charge on any atom is 0.226 e. The van der Waals surface area contributed by atoms with Crippen LogP contribution in [0.15, 0.2) is 28.5 Å². The maximum atomic E-state index is 12.3. The van der Waals surface area contributed by atoms with Gasteiger partial charge in [-0.1, -0.05) is 0 Å². The summed E-state index contributed by atoms with van der Waals surface area (Å²) < 4.78 is 1.79. The Morgan fingerprint density at radius 1 is 1.40 bits per heavy atom. The molecule has 3 heterocycles. The van der Waals surface area contributed by atoms with Crippen LogP contribution in [0.2, 0.25) is 0 Å². The number of nitrogens with one attached hydrogen (secondary N) is 1. The van der Waals surface area contributed by atoms with Gasteiger partial charge < -0.3 is 9.88 Å². The molecule has 0 saturated carbocycles. The highest BCUT2D eigenvalue weighted by Gasteiger charge is 2.12. The average molecular weight is 353 g/mol. The smallest absolute Gasteiger partial charge is 0.226 e. The number of fused-ring (bicyclic) bond motifs is 1. The van der Waals surface area contributed by atoms with E-state index < -0.39 is 0 Å². The Balaban J connectivity index is 2.02. The lowest BCUT2D eigenvalue weighted by Gasteiger charge is -2.10. The van der Waals surface area contributed by atoms with Crippen LogP contribution in [0.5, 0.6) is 0 Å². The zero-order chi connectivity index (χ0) is 18.0. The molecule has 0 radical (unpaired) electrons. The van der Waals surface area contributed by atoms with E-state index in [0.717, 1.165) is 5.69 Å². The molecule has 0 saturated heterocycles. The van der Waals surface area contributed by atoms with Crippen LogP contribution in [-0.2, 0) is 17.8 Å². The second-order valence-electron chi connectivity index (χ2n) is 5.51. The lowest BCUT2D eigenvalue weighted by Crippen LogP contribution is -2.19. The minimum absolute atomic E-state index is 0.0476. The third-order valence-corrected chi connectivity index (χ3v) is 4.61. The van der Waals surface area contributed by atoms with Crippen molar-refractivity contribution >= 4 is 28.3 Å². The second kappa shape index (κ2) is 6.83. The van der Waals surface area contributed by atoms with Gasteiger partial charge in [-0.25, -0.2) is 9.97 Å². The predicted octanol–water partition coefficient (Wildman–Crippen LogP) is 1.37. The number of nitriles is 1. The van der Waals surface area contributed by atoms with E-state index in [0.29, 0.717) is 22.8 Å². The molecule has 7 nitrogen and oxygen atoms in total. The van der Waals surface area contributed by atoms with Crippen LogP contribution < -0.4 is 10.7 Å². The van der Waals surface area contributed by atoms with Crippen LogP contribution in [0.3, 0.4) is 0 Å². The number of hydrogen-bond donors (Lipinski definition) is 1. The number of pyridine rings is 2. The summed E-state index contributed by atoms with van der Waals surface area (Å²) in [6, 6.07) is 5.57. The van der Waals surface area contributed by atoms with E-state index in [1.54, 1.807) is 18.5 Å². The number of aromatic nitrogens is 3. The maximum absolute atomic E-state index is 12.3. The number of carbonyl (C=O) groups is 1. The summed E-state index contributed by atoms with van der Waals surface area (Å²) in [7, 11) is 1.59. The first-order chi connectivity index (χ1) is 12.0. The number of aryl methyl sites for hydroxylation is 1. The van der Waals surface area contributed by atoms with E-state index in [2.05, 4.69) is 15.3 Å². The standard InChI is InChI=1S/C17H15N5O2S/c1-10-3-4-13-16(20-10)17(24)11(6-18)7-22(13)8-12-9-25-15(21-12)5-14(23)19-2/h3-4,7,9H,5,8H2,1-2H3,(H,19,23). The number of rotatable bonds is 4. The minimum atomic E-state index is -0.365. The first-order valence-corrected chi connectivity index (χ1v) is 8.44. The number of amides is 1. The van der Waals surface area contributed by atoms with Crippen LogP contribution in [0.25, 0.3) is 11.0 Å². The van der Waals surface area contributed by atoms with Crippen LogP contribution in [0, 0.1) is 18.3 Å². The fourth-order valence-electron chi connectivity index (χ4n) is 2.47. The lowest BCUT2D eigenvalue weighted by atomic mass is 10.2. The Morgan fingerprint density at radius 2 is 2.20 bits per heavy atom. The van der Waals surface area contributed by atoms with Crippen LogP contribution >= 0.6 is 11.3 Å². The van der Waals surface area contributed by atoms with Crippen molar-refractivity contribution in [1.82, 2.24) is 19.9 Å². The summed E-state index contributed by atoms with van der Waals surface area (Å²) in [4.78, 5) is 32.5. The van der Waals surface area contributed by atoms with E-state index in [9.17, 15) is 14.9 Å². The minimum Gasteiger partial charge on any atom is -0.359 e. The Kier molecular flexibility index (Phi) is 4.59. The molecular weight excluding hydrogens is 338 g/mol. The van der Waals surface area contributed by atoms with E-state index in [1.807, 2.05) is 23.6 Å². The molecule has 0 aliphatic heterocycles. The third kappa shape index (κ3) is 3.41. The molecule has 3 rings (SSSR count). The first kappa shape index (κ1) is 16.8. The largest absolute Gasteiger partial charge is 0.359 e. The molecule has 0 bridgehead atoms. The van der Waals surface area contributed by atoms with Crippen LogP contribution in [-0.4, -0.2) is 27.5 Å². The van der Waals surface area contributed by atoms with Gasteiger partial charge in [0.2, 0.25) is 11.3 Å². The summed E-state index contributed by atoms with van der Waals surface area (Å²) >= 11 is 1.41. The molecule has 0 aliphatic rings. The van der Waals surface area contributed by atoms with E-state index in [-0.39, 0.29) is 28.8 Å².